The third kappa shape index (κ3) is 4.56. The van der Waals surface area contributed by atoms with Crippen molar-refractivity contribution in [1.82, 2.24) is 24.7 Å². The Morgan fingerprint density at radius 3 is 2.19 bits per heavy atom. The molecule has 0 unspecified atom stereocenters. The first-order chi connectivity index (χ1) is 16.5. The van der Waals surface area contributed by atoms with Gasteiger partial charge in [0.05, 0.1) is 51.5 Å². The van der Waals surface area contributed by atoms with E-state index in [9.17, 15) is 43.5 Å². The van der Waals surface area contributed by atoms with Crippen LogP contribution < -0.4 is 0 Å². The summed E-state index contributed by atoms with van der Waals surface area (Å²) in [5.74, 6) is -5.47. The highest BCUT2D eigenvalue weighted by Crippen LogP contribution is 2.38. The summed E-state index contributed by atoms with van der Waals surface area (Å²) < 4.78 is 130. The molecule has 3 heterocycles. The maximum atomic E-state index is 13.5. The summed E-state index contributed by atoms with van der Waals surface area (Å²) in [6.45, 7) is -0.481. The van der Waals surface area contributed by atoms with Crippen molar-refractivity contribution in [3.63, 3.8) is 0 Å². The fraction of sp³-hybridized carbons (Fsp3) is 0.300. The minimum absolute atomic E-state index is 0.0352. The van der Waals surface area contributed by atoms with Crippen LogP contribution in [0.15, 0.2) is 41.7 Å². The molecular weight excluding hydrogens is 526 g/mol. The molecule has 0 aliphatic heterocycles. The Bertz CT molecular complexity index is 1580. The zero-order valence-electron chi connectivity index (χ0n) is 17.9. The first kappa shape index (κ1) is 25.7. The van der Waals surface area contributed by atoms with E-state index < -0.39 is 40.4 Å². The van der Waals surface area contributed by atoms with Gasteiger partial charge in [-0.2, -0.15) is 40.2 Å². The molecule has 0 amide bonds. The highest BCUT2D eigenvalue weighted by atomic mass is 32.2. The molecule has 0 spiro atoms. The van der Waals surface area contributed by atoms with Gasteiger partial charge in [-0.05, 0) is 18.2 Å². The van der Waals surface area contributed by atoms with Crippen LogP contribution in [0.4, 0.5) is 35.1 Å². The van der Waals surface area contributed by atoms with Crippen molar-refractivity contribution in [1.29, 1.82) is 0 Å². The van der Waals surface area contributed by atoms with Crippen LogP contribution in [0, 0.1) is 0 Å². The van der Waals surface area contributed by atoms with Crippen molar-refractivity contribution < 1.29 is 43.5 Å². The van der Waals surface area contributed by atoms with E-state index in [-0.39, 0.29) is 43.8 Å². The monoisotopic (exact) mass is 539 g/mol. The molecule has 16 heteroatoms. The number of alkyl halides is 8. The molecule has 0 saturated carbocycles. The SMILES string of the molecule is CCS(=O)(=O)c1cc2ncc(C(F)(F)F)nc2cc1-c1cc2cnn(CC(F)(F)C(F)(F)F)c2cn1. The third-order valence-corrected chi connectivity index (χ3v) is 6.98. The molecule has 3 aromatic heterocycles. The molecule has 1 aromatic carbocycles. The van der Waals surface area contributed by atoms with Gasteiger partial charge >= 0.3 is 18.3 Å². The van der Waals surface area contributed by atoms with Gasteiger partial charge in [0.1, 0.15) is 6.54 Å². The molecule has 7 nitrogen and oxygen atoms in total. The Morgan fingerprint density at radius 1 is 0.889 bits per heavy atom. The summed E-state index contributed by atoms with van der Waals surface area (Å²) in [4.78, 5) is 10.8. The Labute approximate surface area is 196 Å². The lowest BCUT2D eigenvalue weighted by atomic mass is 10.1. The van der Waals surface area contributed by atoms with Crippen LogP contribution >= 0.6 is 0 Å². The van der Waals surface area contributed by atoms with E-state index in [0.717, 1.165) is 24.5 Å². The van der Waals surface area contributed by atoms with Crippen molar-refractivity contribution in [2.45, 2.75) is 36.6 Å². The van der Waals surface area contributed by atoms with E-state index >= 15 is 0 Å². The average molecular weight is 539 g/mol. The van der Waals surface area contributed by atoms with Crippen LogP contribution in [0.2, 0.25) is 0 Å². The van der Waals surface area contributed by atoms with Gasteiger partial charge in [0.15, 0.2) is 15.5 Å². The highest BCUT2D eigenvalue weighted by molar-refractivity contribution is 7.91. The van der Waals surface area contributed by atoms with E-state index in [1.165, 1.54) is 13.0 Å². The summed E-state index contributed by atoms with van der Waals surface area (Å²) in [6.07, 6.45) is -8.29. The van der Waals surface area contributed by atoms with Gasteiger partial charge in [0, 0.05) is 10.9 Å². The summed E-state index contributed by atoms with van der Waals surface area (Å²) in [5, 5.41) is 3.57. The van der Waals surface area contributed by atoms with Crippen LogP contribution in [0.1, 0.15) is 12.6 Å². The first-order valence-corrected chi connectivity index (χ1v) is 11.6. The molecule has 4 aromatic rings. The summed E-state index contributed by atoms with van der Waals surface area (Å²) >= 11 is 0. The van der Waals surface area contributed by atoms with Gasteiger partial charge in [-0.25, -0.2) is 13.4 Å². The maximum Gasteiger partial charge on any atom is 0.455 e. The second-order valence-electron chi connectivity index (χ2n) is 7.63. The second-order valence-corrected chi connectivity index (χ2v) is 9.87. The fourth-order valence-corrected chi connectivity index (χ4v) is 4.42. The van der Waals surface area contributed by atoms with Gasteiger partial charge in [-0.15, -0.1) is 0 Å². The van der Waals surface area contributed by atoms with Gasteiger partial charge in [-0.1, -0.05) is 6.92 Å². The van der Waals surface area contributed by atoms with Gasteiger partial charge in [0.2, 0.25) is 0 Å². The van der Waals surface area contributed by atoms with Gasteiger partial charge < -0.3 is 0 Å². The van der Waals surface area contributed by atoms with Crippen molar-refractivity contribution in [2.75, 3.05) is 5.75 Å². The molecule has 0 N–H and O–H groups in total. The van der Waals surface area contributed by atoms with Gasteiger partial charge in [0.25, 0.3) is 0 Å². The Morgan fingerprint density at radius 2 is 1.58 bits per heavy atom. The van der Waals surface area contributed by atoms with Crippen molar-refractivity contribution in [2.24, 2.45) is 0 Å². The Balaban J connectivity index is 1.89. The standard InChI is InChI=1S/C20H13F8N5O2S/c1-2-36(34,35)16-5-13-14(32-17(8-30-13)19(23,24)25)4-11(16)12-3-10-6-31-33(15(10)7-29-12)9-18(21,22)20(26,27)28/h3-8H,2,9H2,1H3. The molecule has 0 radical (unpaired) electrons. The van der Waals surface area contributed by atoms with Gasteiger partial charge in [-0.3, -0.25) is 14.6 Å². The third-order valence-electron chi connectivity index (χ3n) is 5.22. The minimum atomic E-state index is -5.82. The lowest BCUT2D eigenvalue weighted by Gasteiger charge is -2.19. The normalized spacial score (nSPS) is 13.6. The van der Waals surface area contributed by atoms with E-state index in [2.05, 4.69) is 20.1 Å². The Hall–Kier alpha value is -3.43. The number of pyridine rings is 1. The van der Waals surface area contributed by atoms with Crippen LogP contribution in [-0.2, 0) is 22.6 Å². The number of hydrogen-bond acceptors (Lipinski definition) is 6. The molecule has 0 atom stereocenters. The lowest BCUT2D eigenvalue weighted by Crippen LogP contribution is -2.40. The molecule has 0 fully saturated rings. The summed E-state index contributed by atoms with van der Waals surface area (Å²) in [6, 6.07) is 3.24. The molecule has 4 rings (SSSR count). The zero-order chi connectivity index (χ0) is 26.7. The Kier molecular flexibility index (Phi) is 5.93. The first-order valence-electron chi connectivity index (χ1n) is 9.91. The molecule has 36 heavy (non-hydrogen) atoms. The minimum Gasteiger partial charge on any atom is -0.257 e. The predicted octanol–water partition coefficient (Wildman–Crippen LogP) is 5.05. The van der Waals surface area contributed by atoms with Crippen LogP contribution in [-0.4, -0.2) is 51.0 Å². The number of aromatic nitrogens is 5. The van der Waals surface area contributed by atoms with Crippen LogP contribution in [0.25, 0.3) is 33.2 Å². The van der Waals surface area contributed by atoms with E-state index in [1.54, 1.807) is 0 Å². The molecule has 192 valence electrons. The number of sulfone groups is 1. The summed E-state index contributed by atoms with van der Waals surface area (Å²) in [5.41, 5.74) is -2.23. The molecule has 0 bridgehead atoms. The molecular formula is C20H13F8N5O2S. The number of hydrogen-bond donors (Lipinski definition) is 0. The lowest BCUT2D eigenvalue weighted by molar-refractivity contribution is -0.287. The largest absolute Gasteiger partial charge is 0.455 e. The van der Waals surface area contributed by atoms with E-state index in [0.29, 0.717) is 10.9 Å². The fourth-order valence-electron chi connectivity index (χ4n) is 3.32. The predicted molar refractivity (Wildman–Crippen MR) is 110 cm³/mol. The number of fused-ring (bicyclic) bond motifs is 2. The molecule has 0 aliphatic rings. The van der Waals surface area contributed by atoms with Crippen molar-refractivity contribution in [3.05, 3.63) is 42.5 Å². The topological polar surface area (TPSA) is 90.6 Å². The number of rotatable bonds is 5. The highest BCUT2D eigenvalue weighted by Gasteiger charge is 2.57. The van der Waals surface area contributed by atoms with E-state index in [1.807, 2.05) is 0 Å². The average Bonchev–Trinajstić information content (AvgIpc) is 3.17. The van der Waals surface area contributed by atoms with E-state index in [4.69, 9.17) is 0 Å². The summed E-state index contributed by atoms with van der Waals surface area (Å²) in [7, 11) is -3.97. The number of halogens is 8. The van der Waals surface area contributed by atoms with Crippen molar-refractivity contribution >= 4 is 31.8 Å². The zero-order valence-corrected chi connectivity index (χ0v) is 18.7. The quantitative estimate of drug-likeness (QED) is 0.330. The molecule has 0 aliphatic carbocycles. The number of benzene rings is 1. The van der Waals surface area contributed by atoms with Crippen molar-refractivity contribution in [3.8, 4) is 11.3 Å². The number of nitrogens with zero attached hydrogens (tertiary/aromatic N) is 5. The van der Waals surface area contributed by atoms with Crippen LogP contribution in [0.3, 0.4) is 0 Å². The van der Waals surface area contributed by atoms with Crippen LogP contribution in [0.5, 0.6) is 0 Å². The maximum absolute atomic E-state index is 13.5. The molecule has 0 saturated heterocycles. The second kappa shape index (κ2) is 8.31. The smallest absolute Gasteiger partial charge is 0.257 e.